The maximum absolute atomic E-state index is 12.0. The third-order valence-corrected chi connectivity index (χ3v) is 15.4. The number of carboxylic acids is 1. The summed E-state index contributed by atoms with van der Waals surface area (Å²) >= 11 is 14.3. The fraction of sp³-hybridized carbons (Fsp3) is 0.333. The van der Waals surface area contributed by atoms with Crippen LogP contribution in [-0.2, 0) is 34.4 Å². The summed E-state index contributed by atoms with van der Waals surface area (Å²) in [7, 11) is 0. The van der Waals surface area contributed by atoms with E-state index in [1.165, 1.54) is 33.4 Å². The van der Waals surface area contributed by atoms with E-state index in [-0.39, 0.29) is 23.2 Å². The number of carbonyl (C=O) groups is 2. The van der Waals surface area contributed by atoms with Gasteiger partial charge in [0.1, 0.15) is 0 Å². The molecule has 2 N–H and O–H groups in total. The number of pyridine rings is 2. The van der Waals surface area contributed by atoms with Gasteiger partial charge in [-0.1, -0.05) is 108 Å². The van der Waals surface area contributed by atoms with E-state index in [0.717, 1.165) is 101 Å². The Bertz CT molecular complexity index is 2840. The topological polar surface area (TPSA) is 113 Å². The van der Waals surface area contributed by atoms with Crippen molar-refractivity contribution < 1.29 is 24.5 Å². The number of carboxylic acid groups (broad SMARTS) is 1. The van der Waals surface area contributed by atoms with Crippen molar-refractivity contribution >= 4 is 75.7 Å². The van der Waals surface area contributed by atoms with Gasteiger partial charge in [0.05, 0.1) is 35.5 Å². The Hall–Kier alpha value is -5.45. The lowest BCUT2D eigenvalue weighted by Crippen LogP contribution is -2.37. The van der Waals surface area contributed by atoms with Crippen molar-refractivity contribution in [1.29, 1.82) is 0 Å². The van der Waals surface area contributed by atoms with Crippen LogP contribution in [0.4, 0.5) is 4.79 Å². The lowest BCUT2D eigenvalue weighted by Gasteiger charge is -2.29. The number of halogens is 2. The maximum Gasteiger partial charge on any atom is 0.409 e. The number of piperidine rings is 1. The highest BCUT2D eigenvalue weighted by Gasteiger charge is 2.44. The molecule has 1 amide bonds. The van der Waals surface area contributed by atoms with Crippen LogP contribution in [0.3, 0.4) is 0 Å². The van der Waals surface area contributed by atoms with Crippen LogP contribution in [0.5, 0.6) is 0 Å². The SMILES string of the molecule is CC(C)(O)c1ccccc1CC[C@@H](SCC1(CC(=O)O)CC1)c1cccc(/C=C/c2ccc3ccc(Cl)cc3n2)c1.CCOC(=O)N1CCC(=C2c3ccc(Cl)cc3CCc3cccnc32)CC1. The van der Waals surface area contributed by atoms with Gasteiger partial charge in [0.15, 0.2) is 0 Å². The minimum atomic E-state index is -0.911. The number of likely N-dealkylation sites (tertiary alicyclic amines) is 1. The largest absolute Gasteiger partial charge is 0.481 e. The number of hydrogen-bond donors (Lipinski definition) is 2. The van der Waals surface area contributed by atoms with Gasteiger partial charge in [0, 0.05) is 51.3 Å². The molecule has 68 heavy (non-hydrogen) atoms. The van der Waals surface area contributed by atoms with Crippen LogP contribution in [0.1, 0.15) is 115 Å². The fourth-order valence-electron chi connectivity index (χ4n) is 9.42. The number of aliphatic hydroxyl groups is 1. The van der Waals surface area contributed by atoms with Gasteiger partial charge in [-0.2, -0.15) is 11.8 Å². The van der Waals surface area contributed by atoms with E-state index in [0.29, 0.717) is 24.7 Å². The molecule has 1 saturated heterocycles. The van der Waals surface area contributed by atoms with Crippen molar-refractivity contribution in [3.8, 4) is 0 Å². The molecule has 2 aliphatic carbocycles. The third kappa shape index (κ3) is 12.4. The molecule has 8 nitrogen and oxygen atoms in total. The molecule has 0 unspecified atom stereocenters. The Balaban J connectivity index is 0.000000200. The van der Waals surface area contributed by atoms with Crippen molar-refractivity contribution in [3.05, 3.63) is 181 Å². The average Bonchev–Trinajstić information content (AvgIpc) is 4.12. The number of carbonyl (C=O) groups excluding carboxylic acids is 1. The first kappa shape index (κ1) is 49.0. The Morgan fingerprint density at radius 1 is 0.868 bits per heavy atom. The van der Waals surface area contributed by atoms with Gasteiger partial charge < -0.3 is 19.8 Å². The van der Waals surface area contributed by atoms with E-state index in [4.69, 9.17) is 37.9 Å². The number of nitrogens with zero attached hydrogens (tertiary/aromatic N) is 3. The summed E-state index contributed by atoms with van der Waals surface area (Å²) in [5.74, 6) is 0.122. The molecule has 0 radical (unpaired) electrons. The number of rotatable bonds is 13. The zero-order valence-corrected chi connectivity index (χ0v) is 41.3. The molecular formula is C57H59Cl2N3O5S. The van der Waals surface area contributed by atoms with Gasteiger partial charge in [0.25, 0.3) is 0 Å². The smallest absolute Gasteiger partial charge is 0.409 e. The third-order valence-electron chi connectivity index (χ3n) is 13.2. The highest BCUT2D eigenvalue weighted by atomic mass is 35.5. The summed E-state index contributed by atoms with van der Waals surface area (Å²) in [5, 5.41) is 22.9. The molecule has 2 fully saturated rings. The molecule has 3 heterocycles. The average molecular weight is 969 g/mol. The minimum Gasteiger partial charge on any atom is -0.481 e. The van der Waals surface area contributed by atoms with E-state index in [9.17, 15) is 19.8 Å². The lowest BCUT2D eigenvalue weighted by molar-refractivity contribution is -0.138. The van der Waals surface area contributed by atoms with Crippen LogP contribution in [0.25, 0.3) is 28.6 Å². The Morgan fingerprint density at radius 3 is 2.38 bits per heavy atom. The number of thioether (sulfide) groups is 1. The normalized spacial score (nSPS) is 15.8. The molecule has 1 saturated carbocycles. The first-order valence-corrected chi connectivity index (χ1v) is 25.4. The number of ether oxygens (including phenoxy) is 1. The van der Waals surface area contributed by atoms with Crippen LogP contribution in [0.2, 0.25) is 10.0 Å². The number of hydrogen-bond acceptors (Lipinski definition) is 7. The summed E-state index contributed by atoms with van der Waals surface area (Å²) in [6, 6.07) is 36.8. The summed E-state index contributed by atoms with van der Waals surface area (Å²) in [4.78, 5) is 34.8. The highest BCUT2D eigenvalue weighted by molar-refractivity contribution is 7.99. The van der Waals surface area contributed by atoms with Gasteiger partial charge in [-0.3, -0.25) is 9.78 Å². The number of aromatic nitrogens is 2. The summed E-state index contributed by atoms with van der Waals surface area (Å²) < 4.78 is 5.15. The first-order chi connectivity index (χ1) is 32.8. The molecule has 0 spiro atoms. The molecule has 6 aromatic rings. The maximum atomic E-state index is 12.0. The molecule has 9 rings (SSSR count). The second-order valence-corrected chi connectivity index (χ2v) is 20.7. The van der Waals surface area contributed by atoms with E-state index in [2.05, 4.69) is 60.7 Å². The molecule has 2 aromatic heterocycles. The minimum absolute atomic E-state index is 0.0814. The van der Waals surface area contributed by atoms with Gasteiger partial charge in [-0.15, -0.1) is 0 Å². The van der Waals surface area contributed by atoms with Crippen molar-refractivity contribution in [1.82, 2.24) is 14.9 Å². The fourth-order valence-corrected chi connectivity index (χ4v) is 11.3. The second-order valence-electron chi connectivity index (χ2n) is 18.7. The van der Waals surface area contributed by atoms with Crippen LogP contribution in [-0.4, -0.2) is 62.6 Å². The number of benzene rings is 4. The predicted octanol–water partition coefficient (Wildman–Crippen LogP) is 13.8. The lowest BCUT2D eigenvalue weighted by atomic mass is 9.88. The van der Waals surface area contributed by atoms with Gasteiger partial charge in [-0.25, -0.2) is 9.78 Å². The molecule has 1 atom stereocenters. The monoisotopic (exact) mass is 967 g/mol. The van der Waals surface area contributed by atoms with E-state index in [1.807, 2.05) is 99.4 Å². The van der Waals surface area contributed by atoms with E-state index in [1.54, 1.807) is 4.90 Å². The number of aryl methyl sites for hydroxylation is 3. The molecule has 352 valence electrons. The molecular weight excluding hydrogens is 910 g/mol. The predicted molar refractivity (Wildman–Crippen MR) is 278 cm³/mol. The van der Waals surface area contributed by atoms with Crippen LogP contribution < -0.4 is 0 Å². The van der Waals surface area contributed by atoms with Crippen molar-refractivity contribution in [2.45, 2.75) is 89.4 Å². The highest BCUT2D eigenvalue weighted by Crippen LogP contribution is 2.53. The Labute approximate surface area is 414 Å². The standard InChI is InChI=1S/C35H36ClNO3S.C22H23ClN2O2/c1-34(2,40)30-9-4-3-7-25(30)13-17-32(41-23-35(18-19-35)22-33(38)39)27-8-5-6-24(20-27)10-15-29-16-12-26-11-14-28(36)21-31(26)37-29;1-2-27-22(26)25-12-9-15(10-13-25)20-19-8-7-18(23)14-17(19)6-5-16-4-3-11-24-21(16)20/h3-12,14-16,20-21,32,40H,13,17-19,22-23H2,1-2H3,(H,38,39);3-4,7-8,11,14H,2,5-6,9-10,12-13H2,1H3/b15-10+;/t32-;/m1./s1. The van der Waals surface area contributed by atoms with Crippen LogP contribution in [0.15, 0.2) is 121 Å². The molecule has 1 aliphatic heterocycles. The molecule has 4 aromatic carbocycles. The van der Waals surface area contributed by atoms with Crippen LogP contribution in [0, 0.1) is 5.41 Å². The van der Waals surface area contributed by atoms with Crippen molar-refractivity contribution in [3.63, 3.8) is 0 Å². The van der Waals surface area contributed by atoms with E-state index < -0.39 is 11.6 Å². The number of amides is 1. The molecule has 0 bridgehead atoms. The summed E-state index contributed by atoms with van der Waals surface area (Å²) in [5.41, 5.74) is 12.6. The number of fused-ring (bicyclic) bond motifs is 3. The first-order valence-electron chi connectivity index (χ1n) is 23.6. The van der Waals surface area contributed by atoms with Crippen LogP contribution >= 0.6 is 35.0 Å². The van der Waals surface area contributed by atoms with Crippen molar-refractivity contribution in [2.75, 3.05) is 25.4 Å². The second kappa shape index (κ2) is 21.9. The zero-order chi connectivity index (χ0) is 47.8. The van der Waals surface area contributed by atoms with Crippen molar-refractivity contribution in [2.24, 2.45) is 5.41 Å². The van der Waals surface area contributed by atoms with Gasteiger partial charge >= 0.3 is 12.1 Å². The quantitative estimate of drug-likeness (QED) is 0.118. The number of aliphatic carboxylic acids is 1. The molecule has 11 heteroatoms. The Kier molecular flexibility index (Phi) is 15.8. The van der Waals surface area contributed by atoms with Gasteiger partial charge in [-0.05, 0) is 159 Å². The van der Waals surface area contributed by atoms with E-state index >= 15 is 0 Å². The summed E-state index contributed by atoms with van der Waals surface area (Å²) in [6.45, 7) is 7.27. The molecule has 3 aliphatic rings. The summed E-state index contributed by atoms with van der Waals surface area (Å²) in [6.07, 6.45) is 13.3. The Morgan fingerprint density at radius 2 is 1.62 bits per heavy atom. The zero-order valence-electron chi connectivity index (χ0n) is 39.0. The van der Waals surface area contributed by atoms with Gasteiger partial charge in [0.2, 0.25) is 0 Å².